The summed E-state index contributed by atoms with van der Waals surface area (Å²) >= 11 is 3.36. The lowest BCUT2D eigenvalue weighted by molar-refractivity contribution is -0.136. The van der Waals surface area contributed by atoms with Crippen molar-refractivity contribution in [1.82, 2.24) is 9.38 Å². The highest BCUT2D eigenvalue weighted by Gasteiger charge is 2.04. The van der Waals surface area contributed by atoms with Gasteiger partial charge in [0.2, 0.25) is 0 Å². The van der Waals surface area contributed by atoms with Gasteiger partial charge >= 0.3 is 5.97 Å². The number of nitrogens with zero attached hydrogens (tertiary/aromatic N) is 2. The minimum absolute atomic E-state index is 0.116. The van der Waals surface area contributed by atoms with E-state index in [1.54, 1.807) is 0 Å². The van der Waals surface area contributed by atoms with Crippen LogP contribution in [-0.2, 0) is 11.2 Å². The van der Waals surface area contributed by atoms with Gasteiger partial charge in [-0.15, -0.1) is 0 Å². The molecule has 0 spiro atoms. The van der Waals surface area contributed by atoms with Gasteiger partial charge in [-0.2, -0.15) is 0 Å². The first-order chi connectivity index (χ1) is 7.15. The average Bonchev–Trinajstić information content (AvgIpc) is 2.56. The van der Waals surface area contributed by atoms with Gasteiger partial charge in [-0.3, -0.25) is 4.79 Å². The smallest absolute Gasteiger partial charge is 0.303 e. The second kappa shape index (κ2) is 4.02. The summed E-state index contributed by atoms with van der Waals surface area (Å²) in [6.45, 7) is 0. The fraction of sp³-hybridized carbons (Fsp3) is 0.200. The Hall–Kier alpha value is -1.36. The van der Waals surface area contributed by atoms with Crippen molar-refractivity contribution in [2.24, 2.45) is 0 Å². The SMILES string of the molecule is O=C(O)CCc1cn2cc(Br)ccc2n1. The minimum Gasteiger partial charge on any atom is -0.481 e. The number of fused-ring (bicyclic) bond motifs is 1. The Morgan fingerprint density at radius 3 is 3.00 bits per heavy atom. The van der Waals surface area contributed by atoms with Crippen LogP contribution in [0.15, 0.2) is 29.0 Å². The van der Waals surface area contributed by atoms with Gasteiger partial charge in [0.1, 0.15) is 5.65 Å². The van der Waals surface area contributed by atoms with Crippen molar-refractivity contribution in [2.75, 3.05) is 0 Å². The Kier molecular flexibility index (Phi) is 2.73. The highest BCUT2D eigenvalue weighted by Crippen LogP contribution is 2.13. The summed E-state index contributed by atoms with van der Waals surface area (Å²) in [5.41, 5.74) is 1.63. The molecule has 2 heterocycles. The Balaban J connectivity index is 2.27. The van der Waals surface area contributed by atoms with Crippen LogP contribution >= 0.6 is 15.9 Å². The molecule has 0 amide bonds. The monoisotopic (exact) mass is 268 g/mol. The number of carbonyl (C=O) groups is 1. The molecule has 4 nitrogen and oxygen atoms in total. The first kappa shape index (κ1) is 10.2. The summed E-state index contributed by atoms with van der Waals surface area (Å²) < 4.78 is 2.85. The highest BCUT2D eigenvalue weighted by atomic mass is 79.9. The zero-order valence-electron chi connectivity index (χ0n) is 7.85. The van der Waals surface area contributed by atoms with Crippen molar-refractivity contribution in [1.29, 1.82) is 0 Å². The minimum atomic E-state index is -0.798. The van der Waals surface area contributed by atoms with Crippen LogP contribution in [0.5, 0.6) is 0 Å². The Bertz CT molecular complexity index is 507. The van der Waals surface area contributed by atoms with E-state index < -0.39 is 5.97 Å². The van der Waals surface area contributed by atoms with Gasteiger partial charge < -0.3 is 9.51 Å². The van der Waals surface area contributed by atoms with Gasteiger partial charge in [-0.05, 0) is 28.1 Å². The predicted molar refractivity (Wildman–Crippen MR) is 58.8 cm³/mol. The van der Waals surface area contributed by atoms with Gasteiger partial charge in [0.15, 0.2) is 0 Å². The Morgan fingerprint density at radius 1 is 1.47 bits per heavy atom. The van der Waals surface area contributed by atoms with E-state index in [1.165, 1.54) is 0 Å². The van der Waals surface area contributed by atoms with Crippen molar-refractivity contribution < 1.29 is 9.90 Å². The summed E-state index contributed by atoms with van der Waals surface area (Å²) in [6, 6.07) is 3.79. The Morgan fingerprint density at radius 2 is 2.27 bits per heavy atom. The van der Waals surface area contributed by atoms with Crippen molar-refractivity contribution in [3.8, 4) is 0 Å². The van der Waals surface area contributed by atoms with Gasteiger partial charge in [0.25, 0.3) is 0 Å². The lowest BCUT2D eigenvalue weighted by atomic mass is 10.2. The third kappa shape index (κ3) is 2.36. The number of carboxylic acids is 1. The number of aliphatic carboxylic acids is 1. The van der Waals surface area contributed by atoms with E-state index in [-0.39, 0.29) is 6.42 Å². The molecule has 0 fully saturated rings. The third-order valence-electron chi connectivity index (χ3n) is 2.06. The second-order valence-electron chi connectivity index (χ2n) is 3.24. The van der Waals surface area contributed by atoms with Crippen LogP contribution in [0.2, 0.25) is 0 Å². The zero-order chi connectivity index (χ0) is 10.8. The normalized spacial score (nSPS) is 10.7. The molecule has 2 rings (SSSR count). The maximum absolute atomic E-state index is 10.4. The number of imidazole rings is 1. The molecule has 0 atom stereocenters. The molecule has 0 saturated carbocycles. The maximum Gasteiger partial charge on any atom is 0.303 e. The number of carboxylic acid groups (broad SMARTS) is 1. The summed E-state index contributed by atoms with van der Waals surface area (Å²) in [6.07, 6.45) is 4.33. The van der Waals surface area contributed by atoms with Crippen molar-refractivity contribution in [3.05, 3.63) is 34.7 Å². The summed E-state index contributed by atoms with van der Waals surface area (Å²) in [5, 5.41) is 8.55. The molecule has 2 aromatic heterocycles. The number of rotatable bonds is 3. The molecule has 0 unspecified atom stereocenters. The lowest BCUT2D eigenvalue weighted by Crippen LogP contribution is -1.97. The van der Waals surface area contributed by atoms with E-state index in [2.05, 4.69) is 20.9 Å². The average molecular weight is 269 g/mol. The van der Waals surface area contributed by atoms with Gasteiger partial charge in [0, 0.05) is 23.3 Å². The van der Waals surface area contributed by atoms with E-state index in [1.807, 2.05) is 28.9 Å². The first-order valence-corrected chi connectivity index (χ1v) is 5.29. The molecule has 5 heteroatoms. The van der Waals surface area contributed by atoms with E-state index >= 15 is 0 Å². The first-order valence-electron chi connectivity index (χ1n) is 4.50. The largest absolute Gasteiger partial charge is 0.481 e. The number of hydrogen-bond donors (Lipinski definition) is 1. The van der Waals surface area contributed by atoms with Gasteiger partial charge in [0.05, 0.1) is 12.1 Å². The number of halogens is 1. The molecule has 2 aromatic rings. The summed E-state index contributed by atoms with van der Waals surface area (Å²) in [4.78, 5) is 14.7. The molecular formula is C10H9BrN2O2. The molecule has 0 aliphatic heterocycles. The predicted octanol–water partition coefficient (Wildman–Crippen LogP) is 2.11. The van der Waals surface area contributed by atoms with Gasteiger partial charge in [-0.1, -0.05) is 0 Å². The number of hydrogen-bond acceptors (Lipinski definition) is 2. The van der Waals surface area contributed by atoms with Crippen molar-refractivity contribution in [2.45, 2.75) is 12.8 Å². The molecule has 0 aliphatic carbocycles. The topological polar surface area (TPSA) is 54.6 Å². The third-order valence-corrected chi connectivity index (χ3v) is 2.53. The fourth-order valence-corrected chi connectivity index (χ4v) is 1.73. The standard InChI is InChI=1S/C10H9BrN2O2/c11-7-1-3-9-12-8(2-4-10(14)15)6-13(9)5-7/h1,3,5-6H,2,4H2,(H,14,15). The molecule has 0 aliphatic rings. The second-order valence-corrected chi connectivity index (χ2v) is 4.15. The lowest BCUT2D eigenvalue weighted by Gasteiger charge is -1.91. The van der Waals surface area contributed by atoms with Crippen molar-refractivity contribution >= 4 is 27.5 Å². The number of aromatic nitrogens is 2. The summed E-state index contributed by atoms with van der Waals surface area (Å²) in [7, 11) is 0. The maximum atomic E-state index is 10.4. The van der Waals surface area contributed by atoms with Crippen LogP contribution in [0, 0.1) is 0 Å². The van der Waals surface area contributed by atoms with E-state index in [9.17, 15) is 4.79 Å². The van der Waals surface area contributed by atoms with Crippen LogP contribution in [0.1, 0.15) is 12.1 Å². The van der Waals surface area contributed by atoms with Crippen LogP contribution in [0.4, 0.5) is 0 Å². The molecule has 0 radical (unpaired) electrons. The molecule has 0 bridgehead atoms. The number of aryl methyl sites for hydroxylation is 1. The highest BCUT2D eigenvalue weighted by molar-refractivity contribution is 9.10. The van der Waals surface area contributed by atoms with E-state index in [0.717, 1.165) is 15.8 Å². The van der Waals surface area contributed by atoms with Gasteiger partial charge in [-0.25, -0.2) is 4.98 Å². The molecule has 1 N–H and O–H groups in total. The van der Waals surface area contributed by atoms with Crippen LogP contribution in [0.25, 0.3) is 5.65 Å². The quantitative estimate of drug-likeness (QED) is 0.928. The molecular weight excluding hydrogens is 260 g/mol. The Labute approximate surface area is 94.7 Å². The van der Waals surface area contributed by atoms with Crippen LogP contribution < -0.4 is 0 Å². The zero-order valence-corrected chi connectivity index (χ0v) is 9.44. The van der Waals surface area contributed by atoms with E-state index in [4.69, 9.17) is 5.11 Å². The van der Waals surface area contributed by atoms with E-state index in [0.29, 0.717) is 6.42 Å². The summed E-state index contributed by atoms with van der Waals surface area (Å²) in [5.74, 6) is -0.798. The molecule has 78 valence electrons. The fourth-order valence-electron chi connectivity index (χ4n) is 1.37. The molecule has 15 heavy (non-hydrogen) atoms. The van der Waals surface area contributed by atoms with Crippen LogP contribution in [-0.4, -0.2) is 20.5 Å². The molecule has 0 saturated heterocycles. The number of pyridine rings is 1. The van der Waals surface area contributed by atoms with Crippen molar-refractivity contribution in [3.63, 3.8) is 0 Å². The van der Waals surface area contributed by atoms with Crippen LogP contribution in [0.3, 0.4) is 0 Å². The molecule has 0 aromatic carbocycles.